The van der Waals surface area contributed by atoms with Gasteiger partial charge in [-0.2, -0.15) is 0 Å². The van der Waals surface area contributed by atoms with Gasteiger partial charge in [0.15, 0.2) is 0 Å². The van der Waals surface area contributed by atoms with Crippen LogP contribution in [0, 0.1) is 0 Å². The number of benzene rings is 1. The smallest absolute Gasteiger partial charge is 0.0841 e. The predicted molar refractivity (Wildman–Crippen MR) is 46.7 cm³/mol. The van der Waals surface area contributed by atoms with Crippen molar-refractivity contribution in [2.24, 2.45) is 0 Å². The molecule has 0 spiro atoms. The van der Waals surface area contributed by atoms with Crippen LogP contribution in [0.15, 0.2) is 30.3 Å². The molecular weight excluding hydrogens is 160 g/mol. The van der Waals surface area contributed by atoms with Crippen molar-refractivity contribution in [3.8, 4) is 0 Å². The highest BCUT2D eigenvalue weighted by molar-refractivity contribution is 6.21. The van der Waals surface area contributed by atoms with Crippen molar-refractivity contribution in [1.82, 2.24) is 0 Å². The van der Waals surface area contributed by atoms with Gasteiger partial charge in [0, 0.05) is 0 Å². The van der Waals surface area contributed by atoms with Crippen molar-refractivity contribution >= 4 is 11.6 Å². The minimum Gasteiger partial charge on any atom is -0.392 e. The second kappa shape index (κ2) is 3.74. The lowest BCUT2D eigenvalue weighted by Gasteiger charge is -2.11. The van der Waals surface area contributed by atoms with Gasteiger partial charge in [0.1, 0.15) is 0 Å². The highest BCUT2D eigenvalue weighted by Crippen LogP contribution is 2.23. The van der Waals surface area contributed by atoms with Crippen molar-refractivity contribution in [2.45, 2.75) is 18.4 Å². The Labute approximate surface area is 71.6 Å². The Morgan fingerprint density at radius 2 is 1.82 bits per heavy atom. The molecule has 1 rings (SSSR count). The van der Waals surface area contributed by atoms with Crippen molar-refractivity contribution in [1.29, 1.82) is 0 Å². The van der Waals surface area contributed by atoms with Crippen molar-refractivity contribution in [3.05, 3.63) is 35.9 Å². The first-order valence-corrected chi connectivity index (χ1v) is 4.02. The van der Waals surface area contributed by atoms with Gasteiger partial charge < -0.3 is 5.11 Å². The third kappa shape index (κ3) is 2.21. The summed E-state index contributed by atoms with van der Waals surface area (Å²) in [6.45, 7) is 1.69. The molecule has 0 bridgehead atoms. The van der Waals surface area contributed by atoms with Gasteiger partial charge in [-0.1, -0.05) is 30.3 Å². The molecule has 0 heterocycles. The Morgan fingerprint density at radius 1 is 1.27 bits per heavy atom. The lowest BCUT2D eigenvalue weighted by atomic mass is 10.1. The monoisotopic (exact) mass is 170 g/mol. The molecule has 2 atom stereocenters. The van der Waals surface area contributed by atoms with Gasteiger partial charge in [-0.25, -0.2) is 0 Å². The Morgan fingerprint density at radius 3 is 2.27 bits per heavy atom. The summed E-state index contributed by atoms with van der Waals surface area (Å²) in [7, 11) is 0. The molecule has 0 amide bonds. The summed E-state index contributed by atoms with van der Waals surface area (Å²) in [5.74, 6) is 0. The van der Waals surface area contributed by atoms with E-state index in [4.69, 9.17) is 16.7 Å². The van der Waals surface area contributed by atoms with Crippen LogP contribution in [0.4, 0.5) is 0 Å². The van der Waals surface area contributed by atoms with Crippen molar-refractivity contribution < 1.29 is 5.11 Å². The fraction of sp³-hybridized carbons (Fsp3) is 0.333. The Hall–Kier alpha value is -0.530. The number of hydrogen-bond donors (Lipinski definition) is 1. The SMILES string of the molecule is CC(O)C(Cl)c1ccccc1. The first-order chi connectivity index (χ1) is 5.22. The van der Waals surface area contributed by atoms with Crippen LogP contribution in [-0.2, 0) is 0 Å². The predicted octanol–water partition coefficient (Wildman–Crippen LogP) is 2.35. The van der Waals surface area contributed by atoms with Crippen molar-refractivity contribution in [3.63, 3.8) is 0 Å². The first-order valence-electron chi connectivity index (χ1n) is 3.59. The van der Waals surface area contributed by atoms with Crippen LogP contribution in [0.2, 0.25) is 0 Å². The molecule has 0 fully saturated rings. The van der Waals surface area contributed by atoms with Crippen LogP contribution in [-0.4, -0.2) is 11.2 Å². The maximum Gasteiger partial charge on any atom is 0.0841 e. The average molecular weight is 171 g/mol. The molecule has 0 radical (unpaired) electrons. The number of alkyl halides is 1. The Kier molecular flexibility index (Phi) is 2.92. The molecule has 0 aliphatic carbocycles. The fourth-order valence-corrected chi connectivity index (χ4v) is 1.06. The van der Waals surface area contributed by atoms with Gasteiger partial charge >= 0.3 is 0 Å². The summed E-state index contributed by atoms with van der Waals surface area (Å²) in [6, 6.07) is 9.56. The van der Waals surface area contributed by atoms with Gasteiger partial charge in [0.2, 0.25) is 0 Å². The minimum atomic E-state index is -0.501. The quantitative estimate of drug-likeness (QED) is 0.676. The van der Waals surface area contributed by atoms with E-state index in [9.17, 15) is 0 Å². The maximum atomic E-state index is 9.14. The lowest BCUT2D eigenvalue weighted by Crippen LogP contribution is -2.08. The lowest BCUT2D eigenvalue weighted by molar-refractivity contribution is 0.190. The van der Waals surface area contributed by atoms with E-state index >= 15 is 0 Å². The fourth-order valence-electron chi connectivity index (χ4n) is 0.915. The molecule has 0 aromatic heterocycles. The second-order valence-electron chi connectivity index (χ2n) is 2.55. The van der Waals surface area contributed by atoms with Crippen LogP contribution in [0.5, 0.6) is 0 Å². The maximum absolute atomic E-state index is 9.14. The summed E-state index contributed by atoms with van der Waals surface area (Å²) in [4.78, 5) is 0. The summed E-state index contributed by atoms with van der Waals surface area (Å²) in [5, 5.41) is 8.85. The molecule has 11 heavy (non-hydrogen) atoms. The molecule has 1 aromatic carbocycles. The number of rotatable bonds is 2. The van der Waals surface area contributed by atoms with Crippen LogP contribution in [0.25, 0.3) is 0 Å². The largest absolute Gasteiger partial charge is 0.392 e. The molecule has 0 aliphatic rings. The van der Waals surface area contributed by atoms with Crippen molar-refractivity contribution in [2.75, 3.05) is 0 Å². The third-order valence-corrected chi connectivity index (χ3v) is 2.16. The third-order valence-electron chi connectivity index (χ3n) is 1.54. The van der Waals surface area contributed by atoms with E-state index in [0.717, 1.165) is 5.56 Å². The summed E-state index contributed by atoms with van der Waals surface area (Å²) in [6.07, 6.45) is -0.501. The van der Waals surface area contributed by atoms with E-state index in [-0.39, 0.29) is 5.38 Å². The van der Waals surface area contributed by atoms with Gasteiger partial charge in [-0.05, 0) is 12.5 Å². The van der Waals surface area contributed by atoms with Gasteiger partial charge in [0.05, 0.1) is 11.5 Å². The zero-order valence-corrected chi connectivity index (χ0v) is 7.12. The van der Waals surface area contributed by atoms with Crippen LogP contribution < -0.4 is 0 Å². The Bertz CT molecular complexity index is 208. The molecule has 1 aromatic rings. The summed E-state index contributed by atoms with van der Waals surface area (Å²) >= 11 is 5.89. The molecular formula is C9H11ClO. The number of halogens is 1. The zero-order valence-electron chi connectivity index (χ0n) is 6.37. The normalized spacial score (nSPS) is 15.9. The zero-order chi connectivity index (χ0) is 8.27. The van der Waals surface area contributed by atoms with Gasteiger partial charge in [0.25, 0.3) is 0 Å². The molecule has 2 unspecified atom stereocenters. The summed E-state index contributed by atoms with van der Waals surface area (Å²) < 4.78 is 0. The average Bonchev–Trinajstić information content (AvgIpc) is 2.05. The minimum absolute atomic E-state index is 0.295. The molecule has 0 aliphatic heterocycles. The van der Waals surface area contributed by atoms with Crippen LogP contribution in [0.3, 0.4) is 0 Å². The van der Waals surface area contributed by atoms with Crippen LogP contribution >= 0.6 is 11.6 Å². The van der Waals surface area contributed by atoms with E-state index in [1.54, 1.807) is 6.92 Å². The number of hydrogen-bond acceptors (Lipinski definition) is 1. The highest BCUT2D eigenvalue weighted by Gasteiger charge is 2.12. The van der Waals surface area contributed by atoms with E-state index in [2.05, 4.69) is 0 Å². The molecule has 1 nitrogen and oxygen atoms in total. The number of aliphatic hydroxyl groups is 1. The molecule has 2 heteroatoms. The standard InChI is InChI=1S/C9H11ClO/c1-7(11)9(10)8-5-3-2-4-6-8/h2-7,9,11H,1H3. The molecule has 60 valence electrons. The van der Waals surface area contributed by atoms with Gasteiger partial charge in [-0.15, -0.1) is 11.6 Å². The van der Waals surface area contributed by atoms with E-state index in [0.29, 0.717) is 0 Å². The molecule has 1 N–H and O–H groups in total. The molecule has 0 saturated heterocycles. The molecule has 0 saturated carbocycles. The Balaban J connectivity index is 2.77. The van der Waals surface area contributed by atoms with E-state index in [1.165, 1.54) is 0 Å². The second-order valence-corrected chi connectivity index (χ2v) is 3.02. The van der Waals surface area contributed by atoms with E-state index < -0.39 is 6.10 Å². The first kappa shape index (κ1) is 8.57. The van der Waals surface area contributed by atoms with E-state index in [1.807, 2.05) is 30.3 Å². The highest BCUT2D eigenvalue weighted by atomic mass is 35.5. The topological polar surface area (TPSA) is 20.2 Å². The summed E-state index contributed by atoms with van der Waals surface area (Å²) in [5.41, 5.74) is 0.962. The van der Waals surface area contributed by atoms with Crippen LogP contribution in [0.1, 0.15) is 17.9 Å². The number of aliphatic hydroxyl groups excluding tert-OH is 1. The van der Waals surface area contributed by atoms with Gasteiger partial charge in [-0.3, -0.25) is 0 Å².